The minimum Gasteiger partial charge on any atom is -0.495 e. The summed E-state index contributed by atoms with van der Waals surface area (Å²) in [5.74, 6) is -2.96. The van der Waals surface area contributed by atoms with Crippen LogP contribution in [0, 0.1) is 11.8 Å². The van der Waals surface area contributed by atoms with Crippen molar-refractivity contribution in [1.29, 1.82) is 0 Å². The minimum absolute atomic E-state index is 0.441. The van der Waals surface area contributed by atoms with Gasteiger partial charge < -0.3 is 10.1 Å². The smallest absolute Gasteiger partial charge is 0.247 e. The lowest BCUT2D eigenvalue weighted by Gasteiger charge is -2.54. The number of methoxy groups -OCH3 is 1. The quantitative estimate of drug-likeness (QED) is 0.402. The third kappa shape index (κ3) is 2.71. The van der Waals surface area contributed by atoms with Gasteiger partial charge in [-0.05, 0) is 41.3 Å². The summed E-state index contributed by atoms with van der Waals surface area (Å²) in [6, 6.07) is 20.7. The fraction of sp³-hybridized carbons (Fsp3) is 0.250. The van der Waals surface area contributed by atoms with E-state index >= 15 is 0 Å². The highest BCUT2D eigenvalue weighted by atomic mass is 35.5. The molecule has 3 aromatic rings. The monoisotopic (exact) mass is 520 g/mol. The van der Waals surface area contributed by atoms with Crippen molar-refractivity contribution in [2.45, 2.75) is 22.7 Å². The molecule has 1 N–H and O–H groups in total. The molecule has 0 radical (unpaired) electrons. The van der Waals surface area contributed by atoms with Crippen LogP contribution in [0.4, 0.5) is 5.69 Å². The van der Waals surface area contributed by atoms with Gasteiger partial charge in [0.1, 0.15) is 21.5 Å². The fourth-order valence-electron chi connectivity index (χ4n) is 6.17. The summed E-state index contributed by atoms with van der Waals surface area (Å²) >= 11 is 14.9. The van der Waals surface area contributed by atoms with E-state index in [4.69, 9.17) is 27.9 Å². The number of halogens is 2. The van der Waals surface area contributed by atoms with Gasteiger partial charge in [0.15, 0.2) is 0 Å². The Balaban J connectivity index is 1.44. The number of nitrogens with zero attached hydrogens (tertiary/aromatic N) is 1. The molecule has 0 saturated carbocycles. The van der Waals surface area contributed by atoms with Crippen molar-refractivity contribution in [1.82, 2.24) is 4.90 Å². The fourth-order valence-corrected chi connectivity index (χ4v) is 7.27. The van der Waals surface area contributed by atoms with E-state index in [2.05, 4.69) is 5.32 Å². The molecule has 3 aromatic carbocycles. The third-order valence-electron chi connectivity index (χ3n) is 7.75. The number of para-hydroxylation sites is 2. The van der Waals surface area contributed by atoms with Crippen molar-refractivity contribution in [3.63, 3.8) is 0 Å². The summed E-state index contributed by atoms with van der Waals surface area (Å²) in [5, 5.41) is 2.78. The van der Waals surface area contributed by atoms with Crippen LogP contribution in [0.5, 0.6) is 5.75 Å². The van der Waals surface area contributed by atoms with Gasteiger partial charge in [-0.3, -0.25) is 19.3 Å². The number of carbonyl (C=O) groups is 3. The van der Waals surface area contributed by atoms with Crippen LogP contribution in [-0.2, 0) is 24.1 Å². The molecule has 182 valence electrons. The van der Waals surface area contributed by atoms with E-state index < -0.39 is 45.3 Å². The van der Waals surface area contributed by atoms with Gasteiger partial charge in [0.05, 0.1) is 24.6 Å². The predicted molar refractivity (Wildman–Crippen MR) is 136 cm³/mol. The number of rotatable bonds is 4. The van der Waals surface area contributed by atoms with Crippen LogP contribution in [-0.4, -0.2) is 35.8 Å². The zero-order valence-corrected chi connectivity index (χ0v) is 21.0. The van der Waals surface area contributed by atoms with Gasteiger partial charge in [0.2, 0.25) is 17.7 Å². The second-order valence-corrected chi connectivity index (χ2v) is 10.6. The first-order valence-electron chi connectivity index (χ1n) is 11.6. The predicted octanol–water partition coefficient (Wildman–Crippen LogP) is 4.62. The molecule has 4 aliphatic rings. The molecule has 3 amide bonds. The number of nitrogens with one attached hydrogen (secondary N) is 1. The van der Waals surface area contributed by atoms with E-state index in [9.17, 15) is 14.4 Å². The number of benzene rings is 3. The van der Waals surface area contributed by atoms with Crippen LogP contribution in [0.25, 0.3) is 0 Å². The summed E-state index contributed by atoms with van der Waals surface area (Å²) in [5.41, 5.74) is 3.31. The van der Waals surface area contributed by atoms with E-state index in [1.54, 1.807) is 24.3 Å². The Morgan fingerprint density at radius 3 is 1.69 bits per heavy atom. The molecule has 0 unspecified atom stereocenters. The summed E-state index contributed by atoms with van der Waals surface area (Å²) in [6.07, 6.45) is 0. The van der Waals surface area contributed by atoms with Gasteiger partial charge in [-0.1, -0.05) is 60.7 Å². The first-order chi connectivity index (χ1) is 17.3. The number of ether oxygens (including phenoxy) is 1. The largest absolute Gasteiger partial charge is 0.495 e. The topological polar surface area (TPSA) is 75.7 Å². The van der Waals surface area contributed by atoms with Gasteiger partial charge in [-0.2, -0.15) is 0 Å². The van der Waals surface area contributed by atoms with Gasteiger partial charge in [0, 0.05) is 0 Å². The first kappa shape index (κ1) is 23.1. The molecule has 3 aliphatic carbocycles. The molecule has 8 heteroatoms. The van der Waals surface area contributed by atoms with Crippen molar-refractivity contribution >= 4 is 46.6 Å². The van der Waals surface area contributed by atoms with Gasteiger partial charge >= 0.3 is 0 Å². The van der Waals surface area contributed by atoms with Gasteiger partial charge in [-0.15, -0.1) is 23.2 Å². The number of hydrogen-bond acceptors (Lipinski definition) is 4. The maximum absolute atomic E-state index is 14.0. The number of likely N-dealkylation sites (tertiary alicyclic amines) is 1. The molecular weight excluding hydrogens is 499 g/mol. The molecule has 1 saturated heterocycles. The molecule has 1 aliphatic heterocycles. The number of anilines is 1. The molecule has 2 bridgehead atoms. The average Bonchev–Trinajstić information content (AvgIpc) is 3.18. The Labute approximate surface area is 218 Å². The van der Waals surface area contributed by atoms with Crippen molar-refractivity contribution in [3.05, 3.63) is 95.1 Å². The first-order valence-corrected chi connectivity index (χ1v) is 12.4. The van der Waals surface area contributed by atoms with E-state index in [1.165, 1.54) is 14.0 Å². The number of imide groups is 1. The highest BCUT2D eigenvalue weighted by molar-refractivity contribution is 6.36. The molecule has 3 atom stereocenters. The Morgan fingerprint density at radius 1 is 0.833 bits per heavy atom. The number of alkyl halides is 2. The molecule has 1 fully saturated rings. The Morgan fingerprint density at radius 2 is 1.25 bits per heavy atom. The standard InChI is InChI=1S/C28H22Cl2N2O4/c1-15(24(33)31-20-13-7-8-14-21(20)36-2)32-25(34)22-23(26(32)35)28(30)17-10-4-3-9-16(17)27(22,29)18-11-5-6-12-19(18)28/h3-15,22-23H,1-2H3,(H,31,33)/t15-,22-,23+,27?,28?/m0/s1. The number of amides is 3. The lowest BCUT2D eigenvalue weighted by atomic mass is 9.54. The van der Waals surface area contributed by atoms with Crippen molar-refractivity contribution in [3.8, 4) is 5.75 Å². The van der Waals surface area contributed by atoms with Crippen LogP contribution in [0.3, 0.4) is 0 Å². The molecular formula is C28H22Cl2N2O4. The summed E-state index contributed by atoms with van der Waals surface area (Å²) < 4.78 is 5.31. The van der Waals surface area contributed by atoms with Gasteiger partial charge in [0.25, 0.3) is 0 Å². The zero-order chi connectivity index (χ0) is 25.4. The second kappa shape index (κ2) is 7.82. The Kier molecular flexibility index (Phi) is 5.01. The maximum atomic E-state index is 14.0. The Bertz CT molecular complexity index is 1330. The second-order valence-electron chi connectivity index (χ2n) is 9.38. The van der Waals surface area contributed by atoms with Crippen LogP contribution in [0.2, 0.25) is 0 Å². The van der Waals surface area contributed by atoms with Crippen LogP contribution >= 0.6 is 23.2 Å². The van der Waals surface area contributed by atoms with Crippen molar-refractivity contribution in [2.75, 3.05) is 12.4 Å². The van der Waals surface area contributed by atoms with E-state index in [0.717, 1.165) is 27.2 Å². The number of hydrogen-bond donors (Lipinski definition) is 1. The third-order valence-corrected chi connectivity index (χ3v) is 9.04. The molecule has 1 heterocycles. The molecule has 7 rings (SSSR count). The summed E-state index contributed by atoms with van der Waals surface area (Å²) in [4.78, 5) is 39.7. The maximum Gasteiger partial charge on any atom is 0.247 e. The van der Waals surface area contributed by atoms with Crippen molar-refractivity contribution in [2.24, 2.45) is 11.8 Å². The lowest BCUT2D eigenvalue weighted by Crippen LogP contribution is -2.57. The molecule has 6 nitrogen and oxygen atoms in total. The minimum atomic E-state index is -1.28. The number of carbonyl (C=O) groups excluding carboxylic acids is 3. The Hall–Kier alpha value is -3.35. The van der Waals surface area contributed by atoms with E-state index in [0.29, 0.717) is 11.4 Å². The molecule has 0 aromatic heterocycles. The molecule has 36 heavy (non-hydrogen) atoms. The summed E-state index contributed by atoms with van der Waals surface area (Å²) in [7, 11) is 1.50. The summed E-state index contributed by atoms with van der Waals surface area (Å²) in [6.45, 7) is 1.53. The van der Waals surface area contributed by atoms with Crippen LogP contribution < -0.4 is 10.1 Å². The highest BCUT2D eigenvalue weighted by Crippen LogP contribution is 2.69. The highest BCUT2D eigenvalue weighted by Gasteiger charge is 2.73. The van der Waals surface area contributed by atoms with Gasteiger partial charge in [-0.25, -0.2) is 0 Å². The van der Waals surface area contributed by atoms with Crippen LogP contribution in [0.15, 0.2) is 72.8 Å². The average molecular weight is 521 g/mol. The van der Waals surface area contributed by atoms with E-state index in [1.807, 2.05) is 48.5 Å². The molecule has 0 spiro atoms. The van der Waals surface area contributed by atoms with Crippen molar-refractivity contribution < 1.29 is 19.1 Å². The van der Waals surface area contributed by atoms with Crippen LogP contribution in [0.1, 0.15) is 29.2 Å². The lowest BCUT2D eigenvalue weighted by molar-refractivity contribution is -0.146. The zero-order valence-electron chi connectivity index (χ0n) is 19.5. The SMILES string of the molecule is COc1ccccc1NC(=O)[C@H](C)N1C(=O)[C@@H]2[C@H](C1=O)C1(Cl)c3ccccc3C2(Cl)c2ccccc21. The van der Waals surface area contributed by atoms with E-state index in [-0.39, 0.29) is 0 Å². The normalized spacial score (nSPS) is 28.3.